The molecule has 0 atom stereocenters. The first-order valence-corrected chi connectivity index (χ1v) is 6.58. The summed E-state index contributed by atoms with van der Waals surface area (Å²) in [4.78, 5) is 24.3. The van der Waals surface area contributed by atoms with Gasteiger partial charge in [0.2, 0.25) is 0 Å². The molecule has 0 saturated carbocycles. The second-order valence-corrected chi connectivity index (χ2v) is 4.98. The fourth-order valence-electron chi connectivity index (χ4n) is 2.08. The van der Waals surface area contributed by atoms with Crippen LogP contribution in [0.3, 0.4) is 0 Å². The molecule has 0 amide bonds. The van der Waals surface area contributed by atoms with Gasteiger partial charge < -0.3 is 4.74 Å². The minimum Gasteiger partial charge on any atom is -0.496 e. The average Bonchev–Trinajstić information content (AvgIpc) is 2.80. The van der Waals surface area contributed by atoms with Gasteiger partial charge in [-0.15, -0.1) is 0 Å². The van der Waals surface area contributed by atoms with Crippen molar-refractivity contribution >= 4 is 5.78 Å². The molecule has 2 aromatic rings. The van der Waals surface area contributed by atoms with Crippen LogP contribution >= 0.6 is 0 Å². The number of Topliss-reactive ketones (excluding diaryl/α,β-unsaturated/α-hetero) is 1. The van der Waals surface area contributed by atoms with E-state index in [2.05, 4.69) is 0 Å². The highest BCUT2D eigenvalue weighted by Gasteiger charge is 2.16. The lowest BCUT2D eigenvalue weighted by atomic mass is 10.1. The fraction of sp³-hybridized carbons (Fsp3) is 0.333. The Morgan fingerprint density at radius 3 is 2.62 bits per heavy atom. The highest BCUT2D eigenvalue weighted by Crippen LogP contribution is 2.20. The number of benzene rings is 1. The number of hydrogen-bond donors (Lipinski definition) is 0. The smallest absolute Gasteiger partial charge is 0.328 e. The van der Waals surface area contributed by atoms with Gasteiger partial charge in [-0.1, -0.05) is 0 Å². The van der Waals surface area contributed by atoms with Crippen LogP contribution in [-0.4, -0.2) is 22.0 Å². The maximum absolute atomic E-state index is 13.3. The minimum absolute atomic E-state index is 0.0116. The summed E-state index contributed by atoms with van der Waals surface area (Å²) >= 11 is 0. The van der Waals surface area contributed by atoms with Crippen molar-refractivity contribution in [2.75, 3.05) is 7.11 Å². The van der Waals surface area contributed by atoms with Crippen molar-refractivity contribution in [2.45, 2.75) is 26.4 Å². The number of nitrogens with zero attached hydrogens (tertiary/aromatic N) is 2. The summed E-state index contributed by atoms with van der Waals surface area (Å²) in [6.07, 6.45) is 3.18. The summed E-state index contributed by atoms with van der Waals surface area (Å²) in [6.45, 7) is 3.60. The third-order valence-electron chi connectivity index (χ3n) is 3.21. The van der Waals surface area contributed by atoms with Crippen molar-refractivity contribution in [1.82, 2.24) is 9.13 Å². The van der Waals surface area contributed by atoms with Crippen LogP contribution in [-0.2, 0) is 6.54 Å². The van der Waals surface area contributed by atoms with E-state index in [0.717, 1.165) is 6.07 Å². The zero-order valence-corrected chi connectivity index (χ0v) is 12.2. The summed E-state index contributed by atoms with van der Waals surface area (Å²) in [6, 6.07) is 3.74. The number of ether oxygens (including phenoxy) is 1. The Morgan fingerprint density at radius 2 is 2.05 bits per heavy atom. The molecule has 0 N–H and O–H groups in total. The van der Waals surface area contributed by atoms with E-state index in [-0.39, 0.29) is 35.4 Å². The van der Waals surface area contributed by atoms with E-state index in [1.165, 1.54) is 28.4 Å². The van der Waals surface area contributed by atoms with Crippen molar-refractivity contribution in [2.24, 2.45) is 0 Å². The molecule has 0 aliphatic carbocycles. The zero-order chi connectivity index (χ0) is 15.6. The molecule has 1 aromatic carbocycles. The van der Waals surface area contributed by atoms with Crippen molar-refractivity contribution < 1.29 is 13.9 Å². The molecule has 0 spiro atoms. The number of methoxy groups -OCH3 is 1. The summed E-state index contributed by atoms with van der Waals surface area (Å²) in [7, 11) is 1.41. The summed E-state index contributed by atoms with van der Waals surface area (Å²) in [5, 5.41) is 0. The van der Waals surface area contributed by atoms with Gasteiger partial charge >= 0.3 is 5.69 Å². The molecular formula is C15H17FN2O3. The molecule has 1 aromatic heterocycles. The van der Waals surface area contributed by atoms with Gasteiger partial charge in [0.05, 0.1) is 19.2 Å². The molecule has 5 nitrogen and oxygen atoms in total. The highest BCUT2D eigenvalue weighted by atomic mass is 19.1. The molecule has 0 fully saturated rings. The second kappa shape index (κ2) is 5.95. The Labute approximate surface area is 121 Å². The molecule has 6 heteroatoms. The zero-order valence-electron chi connectivity index (χ0n) is 12.2. The van der Waals surface area contributed by atoms with Gasteiger partial charge in [0.1, 0.15) is 11.6 Å². The molecule has 0 bridgehead atoms. The van der Waals surface area contributed by atoms with Gasteiger partial charge in [0.15, 0.2) is 5.78 Å². The molecule has 0 aliphatic rings. The molecule has 0 aliphatic heterocycles. The van der Waals surface area contributed by atoms with Crippen molar-refractivity contribution in [3.05, 3.63) is 52.5 Å². The topological polar surface area (TPSA) is 53.2 Å². The summed E-state index contributed by atoms with van der Waals surface area (Å²) in [5.41, 5.74) is -0.143. The largest absolute Gasteiger partial charge is 0.496 e. The van der Waals surface area contributed by atoms with Crippen LogP contribution in [0.25, 0.3) is 0 Å². The number of ketones is 1. The average molecular weight is 292 g/mol. The number of aromatic nitrogens is 2. The standard InChI is InChI=1S/C15H17FN2O3/c1-10(2)18-7-6-17(15(18)20)9-13(19)12-8-11(16)4-5-14(12)21-3/h4-8,10H,9H2,1-3H3. The molecule has 0 radical (unpaired) electrons. The van der Waals surface area contributed by atoms with Crippen LogP contribution in [0.4, 0.5) is 4.39 Å². The molecule has 2 rings (SSSR count). The first kappa shape index (κ1) is 15.0. The number of rotatable bonds is 5. The number of carbonyl (C=O) groups excluding carboxylic acids is 1. The number of halogens is 1. The Hall–Kier alpha value is -2.37. The predicted octanol–water partition coefficient (Wildman–Crippen LogP) is 2.26. The van der Waals surface area contributed by atoms with Crippen LogP contribution in [0.5, 0.6) is 5.75 Å². The van der Waals surface area contributed by atoms with Gasteiger partial charge in [0.25, 0.3) is 0 Å². The first-order valence-electron chi connectivity index (χ1n) is 6.58. The maximum atomic E-state index is 13.3. The third-order valence-corrected chi connectivity index (χ3v) is 3.21. The molecule has 21 heavy (non-hydrogen) atoms. The van der Waals surface area contributed by atoms with E-state index in [4.69, 9.17) is 4.74 Å². The van der Waals surface area contributed by atoms with Gasteiger partial charge in [-0.2, -0.15) is 0 Å². The first-order chi connectivity index (χ1) is 9.93. The summed E-state index contributed by atoms with van der Waals surface area (Å²) in [5.74, 6) is -0.612. The van der Waals surface area contributed by atoms with Crippen molar-refractivity contribution in [3.63, 3.8) is 0 Å². The Kier molecular flexibility index (Phi) is 4.26. The van der Waals surface area contributed by atoms with E-state index in [1.807, 2.05) is 13.8 Å². The monoisotopic (exact) mass is 292 g/mol. The van der Waals surface area contributed by atoms with Gasteiger partial charge in [-0.3, -0.25) is 13.9 Å². The predicted molar refractivity (Wildman–Crippen MR) is 76.4 cm³/mol. The number of imidazole rings is 1. The van der Waals surface area contributed by atoms with Gasteiger partial charge in [-0.25, -0.2) is 9.18 Å². The van der Waals surface area contributed by atoms with Gasteiger partial charge in [-0.05, 0) is 32.0 Å². The lowest BCUT2D eigenvalue weighted by Crippen LogP contribution is -2.27. The van der Waals surface area contributed by atoms with Crippen molar-refractivity contribution in [1.29, 1.82) is 0 Å². The van der Waals surface area contributed by atoms with Crippen LogP contribution in [0.2, 0.25) is 0 Å². The molecular weight excluding hydrogens is 275 g/mol. The molecule has 1 heterocycles. The van der Waals surface area contributed by atoms with E-state index < -0.39 is 5.82 Å². The Bertz CT molecular complexity index is 716. The normalized spacial score (nSPS) is 10.9. The Balaban J connectivity index is 2.30. The van der Waals surface area contributed by atoms with E-state index in [1.54, 1.807) is 12.4 Å². The SMILES string of the molecule is COc1ccc(F)cc1C(=O)Cn1ccn(C(C)C)c1=O. The molecule has 112 valence electrons. The van der Waals surface area contributed by atoms with E-state index >= 15 is 0 Å². The number of hydrogen-bond acceptors (Lipinski definition) is 3. The van der Waals surface area contributed by atoms with E-state index in [9.17, 15) is 14.0 Å². The lowest BCUT2D eigenvalue weighted by Gasteiger charge is -2.08. The van der Waals surface area contributed by atoms with Crippen LogP contribution in [0, 0.1) is 5.82 Å². The molecule has 0 saturated heterocycles. The van der Waals surface area contributed by atoms with E-state index in [0.29, 0.717) is 0 Å². The minimum atomic E-state index is -0.522. The van der Waals surface area contributed by atoms with Gasteiger partial charge in [0, 0.05) is 18.4 Å². The third kappa shape index (κ3) is 3.04. The second-order valence-electron chi connectivity index (χ2n) is 4.98. The highest BCUT2D eigenvalue weighted by molar-refractivity contribution is 5.98. The fourth-order valence-corrected chi connectivity index (χ4v) is 2.08. The summed E-state index contributed by atoms with van der Waals surface area (Å²) < 4.78 is 21.2. The number of carbonyl (C=O) groups is 1. The quantitative estimate of drug-likeness (QED) is 0.794. The van der Waals surface area contributed by atoms with Crippen LogP contribution < -0.4 is 10.4 Å². The maximum Gasteiger partial charge on any atom is 0.328 e. The molecule has 0 unspecified atom stereocenters. The lowest BCUT2D eigenvalue weighted by molar-refractivity contribution is 0.0967. The van der Waals surface area contributed by atoms with Crippen LogP contribution in [0.1, 0.15) is 30.2 Å². The van der Waals surface area contributed by atoms with Crippen LogP contribution in [0.15, 0.2) is 35.4 Å². The van der Waals surface area contributed by atoms with Crippen molar-refractivity contribution in [3.8, 4) is 5.75 Å². The Morgan fingerprint density at radius 1 is 1.33 bits per heavy atom.